The van der Waals surface area contributed by atoms with Gasteiger partial charge in [-0.1, -0.05) is 25.5 Å². The van der Waals surface area contributed by atoms with Gasteiger partial charge in [-0.15, -0.1) is 5.10 Å². The molecule has 2 aromatic rings. The molecular weight excluding hydrogens is 346 g/mol. The molecule has 0 saturated carbocycles. The average molecular weight is 373 g/mol. The molecule has 8 heteroatoms. The second kappa shape index (κ2) is 8.14. The quantitative estimate of drug-likeness (QED) is 0.779. The lowest BCUT2D eigenvalue weighted by atomic mass is 9.73. The zero-order valence-electron chi connectivity index (χ0n) is 15.9. The minimum absolute atomic E-state index is 0.0107. The molecule has 8 nitrogen and oxygen atoms in total. The summed E-state index contributed by atoms with van der Waals surface area (Å²) < 4.78 is 1.63. The zero-order chi connectivity index (χ0) is 19.4. The van der Waals surface area contributed by atoms with Crippen LogP contribution in [0.5, 0.6) is 0 Å². The molecule has 1 aromatic heterocycles. The Kier molecular flexibility index (Phi) is 5.86. The van der Waals surface area contributed by atoms with Crippen molar-refractivity contribution in [2.45, 2.75) is 45.6 Å². The number of hydrogen-bond donors (Lipinski definition) is 2. The minimum Gasteiger partial charge on any atom is -0.396 e. The van der Waals surface area contributed by atoms with Gasteiger partial charge in [0.05, 0.1) is 24.8 Å². The number of β-amino-alcohol motifs (C(OH)–C–C–N with tert-alkyl or cyclic N) is 1. The number of rotatable bonds is 6. The number of amides is 1. The van der Waals surface area contributed by atoms with Gasteiger partial charge < -0.3 is 15.1 Å². The first-order valence-electron chi connectivity index (χ1n) is 9.40. The molecule has 0 bridgehead atoms. The van der Waals surface area contributed by atoms with Gasteiger partial charge in [0.25, 0.3) is 0 Å². The molecule has 0 radical (unpaired) electrons. The van der Waals surface area contributed by atoms with Crippen LogP contribution in [-0.2, 0) is 11.2 Å². The van der Waals surface area contributed by atoms with Gasteiger partial charge in [-0.25, -0.2) is 0 Å². The molecule has 2 atom stereocenters. The highest BCUT2D eigenvalue weighted by atomic mass is 16.3. The van der Waals surface area contributed by atoms with Crippen LogP contribution in [0.25, 0.3) is 5.69 Å². The van der Waals surface area contributed by atoms with Crippen LogP contribution in [0.3, 0.4) is 0 Å². The molecule has 1 saturated heterocycles. The van der Waals surface area contributed by atoms with E-state index in [1.807, 2.05) is 38.1 Å². The van der Waals surface area contributed by atoms with E-state index >= 15 is 0 Å². The summed E-state index contributed by atoms with van der Waals surface area (Å²) in [5.74, 6) is 0.684. The van der Waals surface area contributed by atoms with Gasteiger partial charge in [0.2, 0.25) is 5.91 Å². The van der Waals surface area contributed by atoms with Crippen LogP contribution < -0.4 is 0 Å². The molecule has 2 heterocycles. The second-order valence-electron chi connectivity index (χ2n) is 7.36. The third-order valence-corrected chi connectivity index (χ3v) is 5.56. The summed E-state index contributed by atoms with van der Waals surface area (Å²) in [4.78, 5) is 14.4. The molecule has 1 aromatic carbocycles. The number of aliphatic hydroxyl groups excluding tert-OH is 2. The van der Waals surface area contributed by atoms with Gasteiger partial charge in [-0.2, -0.15) is 4.68 Å². The molecule has 1 fully saturated rings. The number of aryl methyl sites for hydroxylation is 1. The molecule has 1 amide bonds. The maximum atomic E-state index is 12.7. The van der Waals surface area contributed by atoms with E-state index in [2.05, 4.69) is 15.5 Å². The number of aliphatic hydroxyl groups is 2. The highest BCUT2D eigenvalue weighted by Gasteiger charge is 2.42. The van der Waals surface area contributed by atoms with Gasteiger partial charge in [0.1, 0.15) is 0 Å². The fourth-order valence-corrected chi connectivity index (χ4v) is 3.81. The average Bonchev–Trinajstić information content (AvgIpc) is 3.10. The molecule has 1 aliphatic heterocycles. The number of aromatic nitrogens is 4. The largest absolute Gasteiger partial charge is 0.396 e. The van der Waals surface area contributed by atoms with Crippen molar-refractivity contribution in [3.63, 3.8) is 0 Å². The lowest BCUT2D eigenvalue weighted by molar-refractivity contribution is -0.141. The summed E-state index contributed by atoms with van der Waals surface area (Å²) >= 11 is 0. The molecule has 3 rings (SSSR count). The summed E-state index contributed by atoms with van der Waals surface area (Å²) in [6.45, 7) is 4.67. The number of tetrazole rings is 1. The first kappa shape index (κ1) is 19.4. The van der Waals surface area contributed by atoms with Gasteiger partial charge in [-0.05, 0) is 47.9 Å². The molecule has 146 valence electrons. The van der Waals surface area contributed by atoms with Crippen molar-refractivity contribution in [2.75, 3.05) is 19.7 Å². The van der Waals surface area contributed by atoms with Crippen LogP contribution in [0.15, 0.2) is 24.3 Å². The maximum Gasteiger partial charge on any atom is 0.227 e. The third-order valence-electron chi connectivity index (χ3n) is 5.56. The topological polar surface area (TPSA) is 104 Å². The molecule has 0 aliphatic carbocycles. The van der Waals surface area contributed by atoms with Gasteiger partial charge in [0.15, 0.2) is 5.82 Å². The summed E-state index contributed by atoms with van der Waals surface area (Å²) in [5.41, 5.74) is 1.27. The van der Waals surface area contributed by atoms with Gasteiger partial charge >= 0.3 is 0 Å². The van der Waals surface area contributed by atoms with E-state index < -0.39 is 11.5 Å². The van der Waals surface area contributed by atoms with Gasteiger partial charge in [0, 0.05) is 18.5 Å². The Morgan fingerprint density at radius 1 is 1.33 bits per heavy atom. The Labute approximate surface area is 158 Å². The standard InChI is InChI=1S/C19H27N5O3/c1-3-8-19(13-25)9-10-23(12-17(19)26)18(27)11-15-4-6-16(7-5-15)24-14(2)20-21-22-24/h4-7,17,25-26H,3,8-13H2,1-2H3/t17-,19+/m0/s1. The number of carbonyl (C=O) groups excluding carboxylic acids is 1. The van der Waals surface area contributed by atoms with Crippen molar-refractivity contribution < 1.29 is 15.0 Å². The Morgan fingerprint density at radius 2 is 2.07 bits per heavy atom. The van der Waals surface area contributed by atoms with Crippen molar-refractivity contribution in [3.8, 4) is 5.69 Å². The number of carbonyl (C=O) groups is 1. The number of hydrogen-bond acceptors (Lipinski definition) is 6. The van der Waals surface area contributed by atoms with E-state index in [1.54, 1.807) is 9.58 Å². The van der Waals surface area contributed by atoms with Crippen LogP contribution in [0.1, 0.15) is 37.6 Å². The normalized spacial score (nSPS) is 22.8. The van der Waals surface area contributed by atoms with Crippen molar-refractivity contribution in [1.29, 1.82) is 0 Å². The first-order chi connectivity index (χ1) is 13.0. The molecule has 1 aliphatic rings. The van der Waals surface area contributed by atoms with Crippen LogP contribution in [0, 0.1) is 12.3 Å². The smallest absolute Gasteiger partial charge is 0.227 e. The van der Waals surface area contributed by atoms with Crippen molar-refractivity contribution in [1.82, 2.24) is 25.1 Å². The van der Waals surface area contributed by atoms with Crippen LogP contribution >= 0.6 is 0 Å². The fourth-order valence-electron chi connectivity index (χ4n) is 3.81. The van der Waals surface area contributed by atoms with E-state index in [0.29, 0.717) is 18.8 Å². The van der Waals surface area contributed by atoms with E-state index in [9.17, 15) is 15.0 Å². The SMILES string of the molecule is CCC[C@]1(CO)CCN(C(=O)Cc2ccc(-n3nnnc3C)cc2)C[C@@H]1O. The summed E-state index contributed by atoms with van der Waals surface area (Å²) in [5, 5.41) is 31.7. The predicted octanol–water partition coefficient (Wildman–Crippen LogP) is 0.885. The van der Waals surface area contributed by atoms with Crippen molar-refractivity contribution in [2.24, 2.45) is 5.41 Å². The lowest BCUT2D eigenvalue weighted by Crippen LogP contribution is -2.54. The number of nitrogens with zero attached hydrogens (tertiary/aromatic N) is 5. The van der Waals surface area contributed by atoms with E-state index in [1.165, 1.54) is 0 Å². The van der Waals surface area contributed by atoms with E-state index in [4.69, 9.17) is 0 Å². The van der Waals surface area contributed by atoms with E-state index in [0.717, 1.165) is 24.1 Å². The number of benzene rings is 1. The van der Waals surface area contributed by atoms with Crippen molar-refractivity contribution >= 4 is 5.91 Å². The number of likely N-dealkylation sites (tertiary alicyclic amines) is 1. The lowest BCUT2D eigenvalue weighted by Gasteiger charge is -2.44. The Hall–Kier alpha value is -2.32. The Morgan fingerprint density at radius 3 is 2.63 bits per heavy atom. The summed E-state index contributed by atoms with van der Waals surface area (Å²) in [7, 11) is 0. The monoisotopic (exact) mass is 373 g/mol. The zero-order valence-corrected chi connectivity index (χ0v) is 15.9. The molecule has 0 unspecified atom stereocenters. The highest BCUT2D eigenvalue weighted by Crippen LogP contribution is 2.36. The number of piperidine rings is 1. The van der Waals surface area contributed by atoms with Crippen LogP contribution in [0.4, 0.5) is 0 Å². The van der Waals surface area contributed by atoms with E-state index in [-0.39, 0.29) is 25.5 Å². The minimum atomic E-state index is -0.690. The first-order valence-corrected chi connectivity index (χ1v) is 9.40. The maximum absolute atomic E-state index is 12.7. The third kappa shape index (κ3) is 4.01. The van der Waals surface area contributed by atoms with Crippen LogP contribution in [0.2, 0.25) is 0 Å². The fraction of sp³-hybridized carbons (Fsp3) is 0.579. The molecule has 2 N–H and O–H groups in total. The molecular formula is C19H27N5O3. The predicted molar refractivity (Wildman–Crippen MR) is 99.2 cm³/mol. The van der Waals surface area contributed by atoms with Crippen LogP contribution in [-0.4, -0.2) is 67.0 Å². The second-order valence-corrected chi connectivity index (χ2v) is 7.36. The van der Waals surface area contributed by atoms with Crippen molar-refractivity contribution in [3.05, 3.63) is 35.7 Å². The highest BCUT2D eigenvalue weighted by molar-refractivity contribution is 5.79. The molecule has 27 heavy (non-hydrogen) atoms. The Bertz CT molecular complexity index is 776. The summed E-state index contributed by atoms with van der Waals surface area (Å²) in [6, 6.07) is 7.55. The summed E-state index contributed by atoms with van der Waals surface area (Å²) in [6.07, 6.45) is 1.89. The molecule has 0 spiro atoms. The van der Waals surface area contributed by atoms with Gasteiger partial charge in [-0.3, -0.25) is 4.79 Å². The Balaban J connectivity index is 1.62.